The van der Waals surface area contributed by atoms with Gasteiger partial charge in [-0.25, -0.2) is 15.0 Å². The number of nitrogens with zero attached hydrogens (tertiary/aromatic N) is 6. The van der Waals surface area contributed by atoms with Gasteiger partial charge in [-0.2, -0.15) is 0 Å². The lowest BCUT2D eigenvalue weighted by Crippen LogP contribution is -2.53. The third-order valence-electron chi connectivity index (χ3n) is 10.5. The van der Waals surface area contributed by atoms with Crippen LogP contribution in [0.3, 0.4) is 0 Å². The van der Waals surface area contributed by atoms with Crippen LogP contribution in [0.5, 0.6) is 5.75 Å². The van der Waals surface area contributed by atoms with Crippen molar-refractivity contribution in [1.82, 2.24) is 19.8 Å². The molecule has 11 nitrogen and oxygen atoms in total. The quantitative estimate of drug-likeness (QED) is 0.240. The third-order valence-corrected chi connectivity index (χ3v) is 10.9. The van der Waals surface area contributed by atoms with Crippen molar-refractivity contribution < 1.29 is 14.4 Å². The minimum absolute atomic E-state index is 0.103. The second kappa shape index (κ2) is 14.9. The van der Waals surface area contributed by atoms with Gasteiger partial charge in [0.25, 0.3) is 0 Å². The summed E-state index contributed by atoms with van der Waals surface area (Å²) in [5.41, 5.74) is 4.58. The van der Waals surface area contributed by atoms with Crippen molar-refractivity contribution in [2.24, 2.45) is 0 Å². The monoisotopic (exact) mass is 686 g/mol. The first-order valence-electron chi connectivity index (χ1n) is 17.5. The summed E-state index contributed by atoms with van der Waals surface area (Å²) >= 11 is 6.41. The minimum atomic E-state index is -0.266. The van der Waals surface area contributed by atoms with Crippen LogP contribution in [0.4, 0.5) is 28.7 Å². The van der Waals surface area contributed by atoms with Crippen molar-refractivity contribution in [3.8, 4) is 5.75 Å². The van der Waals surface area contributed by atoms with Crippen LogP contribution in [-0.4, -0.2) is 96.8 Å². The Morgan fingerprint density at radius 3 is 2.43 bits per heavy atom. The largest absolute Gasteiger partial charge is 0.494 e. The van der Waals surface area contributed by atoms with E-state index in [0.717, 1.165) is 74.2 Å². The average Bonchev–Trinajstić information content (AvgIpc) is 3.88. The number of aromatic nitrogens is 2. The van der Waals surface area contributed by atoms with Gasteiger partial charge in [0.05, 0.1) is 36.8 Å². The third kappa shape index (κ3) is 7.65. The molecule has 2 aromatic carbocycles. The normalized spacial score (nSPS) is 20.8. The summed E-state index contributed by atoms with van der Waals surface area (Å²) in [6.07, 6.45) is 9.40. The molecule has 4 heterocycles. The summed E-state index contributed by atoms with van der Waals surface area (Å²) < 4.78 is 5.90. The predicted molar refractivity (Wildman–Crippen MR) is 195 cm³/mol. The van der Waals surface area contributed by atoms with Crippen molar-refractivity contribution in [3.05, 3.63) is 71.5 Å². The van der Waals surface area contributed by atoms with Crippen LogP contribution in [0.25, 0.3) is 0 Å². The van der Waals surface area contributed by atoms with Gasteiger partial charge in [-0.15, -0.1) is 0 Å². The van der Waals surface area contributed by atoms with E-state index in [1.54, 1.807) is 7.11 Å². The SMILES string of the molecule is C=CC(=O)Nc1cc(Nc2cc(N3OCC[C@@H]3Cc3cccc(Cl)c3C)ncn2)c(OC)cc1N1CCC(N2CCN(C3CC3)CC2)CC1. The molecule has 49 heavy (non-hydrogen) atoms. The Hall–Kier alpha value is -3.90. The van der Waals surface area contributed by atoms with Crippen LogP contribution in [0.1, 0.15) is 43.2 Å². The van der Waals surface area contributed by atoms with Gasteiger partial charge in [0.1, 0.15) is 17.9 Å². The first-order chi connectivity index (χ1) is 23.9. The van der Waals surface area contributed by atoms with Gasteiger partial charge >= 0.3 is 0 Å². The minimum Gasteiger partial charge on any atom is -0.494 e. The van der Waals surface area contributed by atoms with Crippen LogP contribution in [0.15, 0.2) is 55.4 Å². The van der Waals surface area contributed by atoms with Crippen molar-refractivity contribution in [2.75, 3.05) is 73.6 Å². The number of hydroxylamine groups is 1. The standard InChI is InChI=1S/C37H47ClN8O3/c1-4-37(47)42-31-21-32(34(48-3)22-33(31)45-13-10-28(11-14-45)44-17-15-43(16-18-44)27-8-9-27)41-35-23-36(40-24-39-35)46-29(12-19-49-46)20-26-6-5-7-30(38)25(26)2/h4-7,21-24,27-29H,1,8-20H2,2-3H3,(H,42,47)(H,39,40,41)/t29-/m1/s1. The van der Waals surface area contributed by atoms with E-state index >= 15 is 0 Å². The van der Waals surface area contributed by atoms with E-state index in [-0.39, 0.29) is 11.9 Å². The van der Waals surface area contributed by atoms with E-state index in [1.165, 1.54) is 43.9 Å². The van der Waals surface area contributed by atoms with Crippen LogP contribution < -0.4 is 25.3 Å². The van der Waals surface area contributed by atoms with Gasteiger partial charge in [0, 0.05) is 68.5 Å². The topological polar surface area (TPSA) is 98.3 Å². The van der Waals surface area contributed by atoms with Gasteiger partial charge in [-0.05, 0) is 74.8 Å². The number of hydrogen-bond acceptors (Lipinski definition) is 10. The van der Waals surface area contributed by atoms with Gasteiger partial charge in [0.2, 0.25) is 5.91 Å². The van der Waals surface area contributed by atoms with Gasteiger partial charge < -0.3 is 20.3 Å². The molecule has 4 aliphatic rings. The van der Waals surface area contributed by atoms with Crippen LogP contribution in [-0.2, 0) is 16.1 Å². The lowest BCUT2D eigenvalue weighted by atomic mass is 9.99. The molecule has 4 fully saturated rings. The fraction of sp³-hybridized carbons (Fsp3) is 0.486. The maximum atomic E-state index is 12.6. The van der Waals surface area contributed by atoms with Crippen molar-refractivity contribution >= 4 is 46.2 Å². The highest BCUT2D eigenvalue weighted by atomic mass is 35.5. The molecule has 3 aromatic rings. The van der Waals surface area contributed by atoms with Gasteiger partial charge in [0.15, 0.2) is 5.82 Å². The van der Waals surface area contributed by atoms with E-state index in [2.05, 4.69) is 54.9 Å². The number of benzene rings is 2. The zero-order valence-electron chi connectivity index (χ0n) is 28.5. The lowest BCUT2D eigenvalue weighted by Gasteiger charge is -2.43. The number of hydrogen-bond donors (Lipinski definition) is 2. The zero-order valence-corrected chi connectivity index (χ0v) is 29.3. The van der Waals surface area contributed by atoms with E-state index in [1.807, 2.05) is 35.4 Å². The number of carbonyl (C=O) groups excluding carboxylic acids is 1. The summed E-state index contributed by atoms with van der Waals surface area (Å²) in [6.45, 7) is 12.8. The summed E-state index contributed by atoms with van der Waals surface area (Å²) in [4.78, 5) is 35.4. The molecule has 1 atom stereocenters. The van der Waals surface area contributed by atoms with Crippen LogP contribution in [0, 0.1) is 6.92 Å². The molecule has 1 aromatic heterocycles. The van der Waals surface area contributed by atoms with Gasteiger partial charge in [-0.3, -0.25) is 19.4 Å². The van der Waals surface area contributed by atoms with E-state index in [4.69, 9.17) is 21.2 Å². The maximum absolute atomic E-state index is 12.6. The Morgan fingerprint density at radius 2 is 1.73 bits per heavy atom. The fourth-order valence-electron chi connectivity index (χ4n) is 7.51. The molecule has 0 radical (unpaired) electrons. The molecule has 0 unspecified atom stereocenters. The Morgan fingerprint density at radius 1 is 1.00 bits per heavy atom. The number of ether oxygens (including phenoxy) is 1. The number of carbonyl (C=O) groups is 1. The van der Waals surface area contributed by atoms with E-state index < -0.39 is 0 Å². The summed E-state index contributed by atoms with van der Waals surface area (Å²) in [5, 5.41) is 9.10. The number of amides is 1. The Bertz CT molecular complexity index is 1650. The molecule has 3 saturated heterocycles. The molecule has 0 bridgehead atoms. The average molecular weight is 687 g/mol. The first kappa shape index (κ1) is 33.6. The number of rotatable bonds is 11. The fourth-order valence-corrected chi connectivity index (χ4v) is 7.70. The highest BCUT2D eigenvalue weighted by Crippen LogP contribution is 2.40. The molecule has 12 heteroatoms. The molecule has 7 rings (SSSR count). The summed E-state index contributed by atoms with van der Waals surface area (Å²) in [6, 6.07) is 13.3. The molecule has 260 valence electrons. The maximum Gasteiger partial charge on any atom is 0.247 e. The molecule has 1 amide bonds. The summed E-state index contributed by atoms with van der Waals surface area (Å²) in [7, 11) is 1.66. The second-order valence-corrected chi connectivity index (χ2v) is 13.9. The van der Waals surface area contributed by atoms with Crippen molar-refractivity contribution in [1.29, 1.82) is 0 Å². The Kier molecular flexibility index (Phi) is 10.2. The second-order valence-electron chi connectivity index (χ2n) is 13.5. The molecular formula is C37H47ClN8O3. The van der Waals surface area contributed by atoms with E-state index in [9.17, 15) is 4.79 Å². The van der Waals surface area contributed by atoms with E-state index in [0.29, 0.717) is 41.4 Å². The first-order valence-corrected chi connectivity index (χ1v) is 17.9. The Labute approximate surface area is 294 Å². The number of piperazine rings is 1. The molecule has 1 aliphatic carbocycles. The zero-order chi connectivity index (χ0) is 33.9. The van der Waals surface area contributed by atoms with Crippen molar-refractivity contribution in [2.45, 2.75) is 63.6 Å². The molecule has 2 N–H and O–H groups in total. The molecular weight excluding hydrogens is 640 g/mol. The number of nitrogens with one attached hydrogen (secondary N) is 2. The van der Waals surface area contributed by atoms with Crippen LogP contribution >= 0.6 is 11.6 Å². The molecule has 1 saturated carbocycles. The number of piperidine rings is 1. The van der Waals surface area contributed by atoms with Crippen molar-refractivity contribution in [3.63, 3.8) is 0 Å². The smallest absolute Gasteiger partial charge is 0.247 e. The molecule has 3 aliphatic heterocycles. The summed E-state index contributed by atoms with van der Waals surface area (Å²) in [5.74, 6) is 1.62. The van der Waals surface area contributed by atoms with Crippen LogP contribution in [0.2, 0.25) is 5.02 Å². The predicted octanol–water partition coefficient (Wildman–Crippen LogP) is 5.82. The number of anilines is 5. The molecule has 0 spiro atoms. The number of methoxy groups -OCH3 is 1. The highest BCUT2D eigenvalue weighted by Gasteiger charge is 2.34. The highest BCUT2D eigenvalue weighted by molar-refractivity contribution is 6.31. The van der Waals surface area contributed by atoms with Gasteiger partial charge in [-0.1, -0.05) is 30.3 Å². The number of halogens is 1. The Balaban J connectivity index is 1.07. The lowest BCUT2D eigenvalue weighted by molar-refractivity contribution is -0.111.